The van der Waals surface area contributed by atoms with Gasteiger partial charge in [0.15, 0.2) is 0 Å². The Morgan fingerprint density at radius 3 is 2.74 bits per heavy atom. The molecule has 0 saturated carbocycles. The number of aromatic nitrogens is 2. The molecule has 7 heteroatoms. The SMILES string of the molecule is O[C@@H]1CN(CCc2cn[nH]c2)CC[C@H]1Oc1cc(F)cc(F)c1. The van der Waals surface area contributed by atoms with E-state index in [9.17, 15) is 13.9 Å². The van der Waals surface area contributed by atoms with Crippen LogP contribution in [0.1, 0.15) is 12.0 Å². The minimum atomic E-state index is -0.695. The number of aromatic amines is 1. The number of likely N-dealkylation sites (tertiary alicyclic amines) is 1. The van der Waals surface area contributed by atoms with E-state index in [0.29, 0.717) is 13.0 Å². The maximum Gasteiger partial charge on any atom is 0.129 e. The number of aliphatic hydroxyl groups is 1. The highest BCUT2D eigenvalue weighted by Crippen LogP contribution is 2.21. The molecule has 2 aromatic rings. The molecule has 1 aromatic heterocycles. The molecule has 23 heavy (non-hydrogen) atoms. The van der Waals surface area contributed by atoms with Crippen molar-refractivity contribution in [2.24, 2.45) is 0 Å². The fourth-order valence-electron chi connectivity index (χ4n) is 2.79. The highest BCUT2D eigenvalue weighted by atomic mass is 19.1. The molecule has 3 rings (SSSR count). The Hall–Kier alpha value is -1.99. The van der Waals surface area contributed by atoms with Gasteiger partial charge in [-0.2, -0.15) is 5.10 Å². The summed E-state index contributed by atoms with van der Waals surface area (Å²) in [5, 5.41) is 16.9. The molecule has 2 N–H and O–H groups in total. The number of benzene rings is 1. The van der Waals surface area contributed by atoms with Gasteiger partial charge >= 0.3 is 0 Å². The van der Waals surface area contributed by atoms with E-state index in [2.05, 4.69) is 15.1 Å². The van der Waals surface area contributed by atoms with Crippen molar-refractivity contribution in [3.05, 3.63) is 47.8 Å². The molecule has 0 spiro atoms. The van der Waals surface area contributed by atoms with Crippen LogP contribution in [0.2, 0.25) is 0 Å². The number of H-pyrrole nitrogens is 1. The van der Waals surface area contributed by atoms with Gasteiger partial charge in [-0.15, -0.1) is 0 Å². The number of piperidine rings is 1. The maximum absolute atomic E-state index is 13.2. The van der Waals surface area contributed by atoms with Crippen LogP contribution < -0.4 is 4.74 Å². The van der Waals surface area contributed by atoms with Gasteiger partial charge in [-0.1, -0.05) is 0 Å². The average Bonchev–Trinajstić information content (AvgIpc) is 3.00. The van der Waals surface area contributed by atoms with Gasteiger partial charge in [0, 0.05) is 44.0 Å². The quantitative estimate of drug-likeness (QED) is 0.880. The molecule has 1 saturated heterocycles. The molecule has 0 radical (unpaired) electrons. The van der Waals surface area contributed by atoms with Crippen LogP contribution in [-0.2, 0) is 6.42 Å². The second-order valence-electron chi connectivity index (χ2n) is 5.77. The molecule has 1 fully saturated rings. The first kappa shape index (κ1) is 15.9. The number of halogens is 2. The molecule has 0 bridgehead atoms. The van der Waals surface area contributed by atoms with Crippen molar-refractivity contribution in [2.45, 2.75) is 25.0 Å². The van der Waals surface area contributed by atoms with Crippen LogP contribution in [0.15, 0.2) is 30.6 Å². The topological polar surface area (TPSA) is 61.4 Å². The molecule has 1 aromatic carbocycles. The van der Waals surface area contributed by atoms with E-state index >= 15 is 0 Å². The van der Waals surface area contributed by atoms with Gasteiger partial charge in [-0.25, -0.2) is 8.78 Å². The van der Waals surface area contributed by atoms with Crippen LogP contribution in [0, 0.1) is 11.6 Å². The molecule has 2 heterocycles. The Bertz CT molecular complexity index is 616. The van der Waals surface area contributed by atoms with E-state index in [0.717, 1.165) is 43.3 Å². The average molecular weight is 323 g/mol. The van der Waals surface area contributed by atoms with Crippen molar-refractivity contribution < 1.29 is 18.6 Å². The van der Waals surface area contributed by atoms with Crippen LogP contribution >= 0.6 is 0 Å². The predicted octanol–water partition coefficient (Wildman–Crippen LogP) is 1.74. The van der Waals surface area contributed by atoms with Crippen molar-refractivity contribution >= 4 is 0 Å². The number of rotatable bonds is 5. The van der Waals surface area contributed by atoms with Gasteiger partial charge in [0.1, 0.15) is 29.6 Å². The van der Waals surface area contributed by atoms with E-state index in [-0.39, 0.29) is 5.75 Å². The van der Waals surface area contributed by atoms with Gasteiger partial charge in [0.05, 0.1) is 6.20 Å². The number of β-amino-alcohol motifs (C(OH)–C–C–N with tert-alkyl or cyclic N) is 1. The molecule has 0 unspecified atom stereocenters. The Kier molecular flexibility index (Phi) is 4.88. The molecule has 5 nitrogen and oxygen atoms in total. The van der Waals surface area contributed by atoms with Gasteiger partial charge in [-0.3, -0.25) is 5.10 Å². The standard InChI is InChI=1S/C16H19F2N3O2/c17-12-5-13(18)7-14(6-12)23-16-2-4-21(10-15(16)22)3-1-11-8-19-20-9-11/h5-9,15-16,22H,1-4,10H2,(H,19,20)/t15-,16-/m1/s1. The fraction of sp³-hybridized carbons (Fsp3) is 0.438. The fourth-order valence-corrected chi connectivity index (χ4v) is 2.79. The van der Waals surface area contributed by atoms with Crippen LogP contribution in [0.4, 0.5) is 8.78 Å². The van der Waals surface area contributed by atoms with E-state index in [4.69, 9.17) is 4.74 Å². The number of ether oxygens (including phenoxy) is 1. The largest absolute Gasteiger partial charge is 0.487 e. The van der Waals surface area contributed by atoms with Crippen molar-refractivity contribution in [2.75, 3.05) is 19.6 Å². The van der Waals surface area contributed by atoms with Crippen LogP contribution in [-0.4, -0.2) is 52.0 Å². The lowest BCUT2D eigenvalue weighted by molar-refractivity contribution is -0.0250. The monoisotopic (exact) mass is 323 g/mol. The van der Waals surface area contributed by atoms with Gasteiger partial charge in [0.2, 0.25) is 0 Å². The van der Waals surface area contributed by atoms with Crippen molar-refractivity contribution in [3.63, 3.8) is 0 Å². The van der Waals surface area contributed by atoms with E-state index in [1.807, 2.05) is 6.20 Å². The third kappa shape index (κ3) is 4.27. The van der Waals surface area contributed by atoms with Crippen LogP contribution in [0.3, 0.4) is 0 Å². The summed E-state index contributed by atoms with van der Waals surface area (Å²) in [4.78, 5) is 2.14. The second kappa shape index (κ2) is 7.06. The Morgan fingerprint density at radius 2 is 2.09 bits per heavy atom. The molecule has 2 atom stereocenters. The summed E-state index contributed by atoms with van der Waals surface area (Å²) in [6.45, 7) is 2.05. The first-order valence-electron chi connectivity index (χ1n) is 7.61. The number of nitrogens with zero attached hydrogens (tertiary/aromatic N) is 2. The third-order valence-corrected chi connectivity index (χ3v) is 4.00. The summed E-state index contributed by atoms with van der Waals surface area (Å²) < 4.78 is 31.9. The molecule has 1 aliphatic heterocycles. The number of hydrogen-bond donors (Lipinski definition) is 2. The van der Waals surface area contributed by atoms with Crippen molar-refractivity contribution in [3.8, 4) is 5.75 Å². The predicted molar refractivity (Wildman–Crippen MR) is 80.1 cm³/mol. The number of aliphatic hydroxyl groups excluding tert-OH is 1. The summed E-state index contributed by atoms with van der Waals surface area (Å²) in [7, 11) is 0. The van der Waals surface area contributed by atoms with E-state index in [1.165, 1.54) is 0 Å². The summed E-state index contributed by atoms with van der Waals surface area (Å²) in [5.41, 5.74) is 1.12. The lowest BCUT2D eigenvalue weighted by atomic mass is 10.0. The lowest BCUT2D eigenvalue weighted by Crippen LogP contribution is -2.49. The summed E-state index contributed by atoms with van der Waals surface area (Å²) >= 11 is 0. The molecule has 1 aliphatic rings. The van der Waals surface area contributed by atoms with Gasteiger partial charge in [-0.05, 0) is 18.4 Å². The summed E-state index contributed by atoms with van der Waals surface area (Å²) in [6, 6.07) is 3.05. The molecular formula is C16H19F2N3O2. The summed E-state index contributed by atoms with van der Waals surface area (Å²) in [6.07, 6.45) is 3.94. The van der Waals surface area contributed by atoms with E-state index in [1.54, 1.807) is 6.20 Å². The minimum Gasteiger partial charge on any atom is -0.487 e. The zero-order chi connectivity index (χ0) is 16.2. The first-order valence-corrected chi connectivity index (χ1v) is 7.61. The third-order valence-electron chi connectivity index (χ3n) is 4.00. The van der Waals surface area contributed by atoms with Crippen molar-refractivity contribution in [1.29, 1.82) is 0 Å². The van der Waals surface area contributed by atoms with E-state index < -0.39 is 23.8 Å². The Balaban J connectivity index is 1.52. The first-order chi connectivity index (χ1) is 11.1. The number of hydrogen-bond acceptors (Lipinski definition) is 4. The van der Waals surface area contributed by atoms with Crippen LogP contribution in [0.5, 0.6) is 5.75 Å². The molecular weight excluding hydrogens is 304 g/mol. The molecule has 124 valence electrons. The van der Waals surface area contributed by atoms with Crippen molar-refractivity contribution in [1.82, 2.24) is 15.1 Å². The molecule has 0 aliphatic carbocycles. The molecule has 0 amide bonds. The summed E-state index contributed by atoms with van der Waals surface area (Å²) in [5.74, 6) is -1.27. The highest BCUT2D eigenvalue weighted by molar-refractivity contribution is 5.24. The maximum atomic E-state index is 13.2. The smallest absolute Gasteiger partial charge is 0.129 e. The van der Waals surface area contributed by atoms with Crippen LogP contribution in [0.25, 0.3) is 0 Å². The number of nitrogens with one attached hydrogen (secondary N) is 1. The minimum absolute atomic E-state index is 0.110. The normalized spacial score (nSPS) is 22.2. The van der Waals surface area contributed by atoms with Gasteiger partial charge < -0.3 is 14.7 Å². The second-order valence-corrected chi connectivity index (χ2v) is 5.77. The zero-order valence-corrected chi connectivity index (χ0v) is 12.6. The Labute approximate surface area is 132 Å². The highest BCUT2D eigenvalue weighted by Gasteiger charge is 2.29. The van der Waals surface area contributed by atoms with Gasteiger partial charge in [0.25, 0.3) is 0 Å². The Morgan fingerprint density at radius 1 is 1.30 bits per heavy atom. The zero-order valence-electron chi connectivity index (χ0n) is 12.6. The lowest BCUT2D eigenvalue weighted by Gasteiger charge is -2.35.